The van der Waals surface area contributed by atoms with Gasteiger partial charge in [0.2, 0.25) is 5.91 Å². The number of likely N-dealkylation sites (tertiary alicyclic amines) is 1. The molecule has 0 bridgehead atoms. The third kappa shape index (κ3) is 6.57. The van der Waals surface area contributed by atoms with E-state index in [1.165, 1.54) is 17.7 Å². The van der Waals surface area contributed by atoms with Crippen molar-refractivity contribution in [3.8, 4) is 0 Å². The van der Waals surface area contributed by atoms with E-state index in [9.17, 15) is 9.18 Å². The Balaban J connectivity index is 1.39. The molecule has 1 unspecified atom stereocenters. The Morgan fingerprint density at radius 2 is 2.07 bits per heavy atom. The molecule has 1 saturated heterocycles. The Labute approximate surface area is 170 Å². The maximum atomic E-state index is 13.2. The van der Waals surface area contributed by atoms with Gasteiger partial charge >= 0.3 is 0 Å². The lowest BCUT2D eigenvalue weighted by atomic mass is 10.1. The smallest absolute Gasteiger partial charge is 0.243 e. The number of rotatable bonds is 7. The lowest BCUT2D eigenvalue weighted by Crippen LogP contribution is -2.43. The number of guanidine groups is 1. The fraction of sp³-hybridized carbons (Fsp3) is 0.364. The molecule has 1 fully saturated rings. The Bertz CT molecular complexity index is 829. The highest BCUT2D eigenvalue weighted by atomic mass is 19.1. The van der Waals surface area contributed by atoms with Gasteiger partial charge in [-0.2, -0.15) is 0 Å². The Morgan fingerprint density at radius 3 is 2.83 bits per heavy atom. The second-order valence-corrected chi connectivity index (χ2v) is 7.06. The first-order chi connectivity index (χ1) is 14.1. The summed E-state index contributed by atoms with van der Waals surface area (Å²) in [6.07, 6.45) is 1.02. The van der Waals surface area contributed by atoms with Crippen LogP contribution < -0.4 is 10.6 Å². The van der Waals surface area contributed by atoms with Crippen molar-refractivity contribution in [1.82, 2.24) is 10.2 Å². The first kappa shape index (κ1) is 20.8. The Hall–Kier alpha value is -2.93. The molecule has 0 aliphatic carbocycles. The zero-order valence-corrected chi connectivity index (χ0v) is 16.6. The molecule has 1 heterocycles. The SMILES string of the molecule is CN=C(NCC(=O)Nc1cccc(F)c1)N1CCC(COCc2ccccc2)C1. The van der Waals surface area contributed by atoms with Gasteiger partial charge in [-0.1, -0.05) is 36.4 Å². The van der Waals surface area contributed by atoms with E-state index < -0.39 is 0 Å². The monoisotopic (exact) mass is 398 g/mol. The van der Waals surface area contributed by atoms with Crippen LogP contribution in [0.2, 0.25) is 0 Å². The van der Waals surface area contributed by atoms with Crippen LogP contribution >= 0.6 is 0 Å². The van der Waals surface area contributed by atoms with Gasteiger partial charge in [0, 0.05) is 31.7 Å². The number of halogens is 1. The van der Waals surface area contributed by atoms with Gasteiger partial charge in [0.05, 0.1) is 19.8 Å². The predicted molar refractivity (Wildman–Crippen MR) is 112 cm³/mol. The van der Waals surface area contributed by atoms with Crippen molar-refractivity contribution in [3.05, 3.63) is 66.0 Å². The van der Waals surface area contributed by atoms with E-state index in [0.29, 0.717) is 30.8 Å². The number of benzene rings is 2. The van der Waals surface area contributed by atoms with E-state index in [4.69, 9.17) is 4.74 Å². The van der Waals surface area contributed by atoms with E-state index >= 15 is 0 Å². The summed E-state index contributed by atoms with van der Waals surface area (Å²) in [4.78, 5) is 18.5. The first-order valence-electron chi connectivity index (χ1n) is 9.76. The number of aliphatic imine (C=N–C) groups is 1. The van der Waals surface area contributed by atoms with Crippen LogP contribution in [0.15, 0.2) is 59.6 Å². The van der Waals surface area contributed by atoms with Crippen LogP contribution in [0.1, 0.15) is 12.0 Å². The summed E-state index contributed by atoms with van der Waals surface area (Å²) < 4.78 is 19.1. The van der Waals surface area contributed by atoms with Crippen LogP contribution in [0.4, 0.5) is 10.1 Å². The quantitative estimate of drug-likeness (QED) is 0.556. The fourth-order valence-electron chi connectivity index (χ4n) is 3.34. The van der Waals surface area contributed by atoms with Gasteiger partial charge < -0.3 is 20.3 Å². The molecule has 7 heteroatoms. The molecule has 1 aliphatic heterocycles. The molecule has 2 N–H and O–H groups in total. The van der Waals surface area contributed by atoms with Gasteiger partial charge in [-0.25, -0.2) is 4.39 Å². The molecule has 3 rings (SSSR count). The maximum Gasteiger partial charge on any atom is 0.243 e. The number of anilines is 1. The van der Waals surface area contributed by atoms with Crippen LogP contribution in [0.5, 0.6) is 0 Å². The standard InChI is InChI=1S/C22H27FN4O2/c1-24-22(25-13-21(28)26-20-9-5-8-19(23)12-20)27-11-10-18(14-27)16-29-15-17-6-3-2-4-7-17/h2-9,12,18H,10-11,13-16H2,1H3,(H,24,25)(H,26,28). The summed E-state index contributed by atoms with van der Waals surface area (Å²) in [7, 11) is 1.70. The van der Waals surface area contributed by atoms with Gasteiger partial charge in [0.1, 0.15) is 5.82 Å². The number of nitrogens with one attached hydrogen (secondary N) is 2. The molecule has 6 nitrogen and oxygen atoms in total. The summed E-state index contributed by atoms with van der Waals surface area (Å²) >= 11 is 0. The zero-order valence-electron chi connectivity index (χ0n) is 16.6. The normalized spacial score (nSPS) is 16.7. The molecule has 0 radical (unpaired) electrons. The summed E-state index contributed by atoms with van der Waals surface area (Å²) in [5.41, 5.74) is 1.60. The molecule has 2 aromatic rings. The summed E-state index contributed by atoms with van der Waals surface area (Å²) in [5, 5.41) is 5.75. The van der Waals surface area contributed by atoms with E-state index in [-0.39, 0.29) is 18.3 Å². The van der Waals surface area contributed by atoms with Gasteiger partial charge in [-0.15, -0.1) is 0 Å². The van der Waals surface area contributed by atoms with Gasteiger partial charge in [0.15, 0.2) is 5.96 Å². The molecule has 0 spiro atoms. The molecule has 29 heavy (non-hydrogen) atoms. The zero-order chi connectivity index (χ0) is 20.5. The fourth-order valence-corrected chi connectivity index (χ4v) is 3.34. The van der Waals surface area contributed by atoms with Crippen LogP contribution in [0.25, 0.3) is 0 Å². The number of amides is 1. The molecule has 0 aromatic heterocycles. The van der Waals surface area contributed by atoms with Crippen LogP contribution in [0, 0.1) is 11.7 Å². The molecule has 1 aliphatic rings. The van der Waals surface area contributed by atoms with Crippen molar-refractivity contribution < 1.29 is 13.9 Å². The number of carbonyl (C=O) groups excluding carboxylic acids is 1. The first-order valence-corrected chi connectivity index (χ1v) is 9.76. The minimum absolute atomic E-state index is 0.0643. The average molecular weight is 398 g/mol. The van der Waals surface area contributed by atoms with Crippen LogP contribution in [-0.4, -0.2) is 50.1 Å². The minimum atomic E-state index is -0.385. The van der Waals surface area contributed by atoms with Gasteiger partial charge in [-0.3, -0.25) is 9.79 Å². The highest BCUT2D eigenvalue weighted by molar-refractivity contribution is 5.95. The maximum absolute atomic E-state index is 13.2. The van der Waals surface area contributed by atoms with Crippen molar-refractivity contribution in [2.24, 2.45) is 10.9 Å². The van der Waals surface area contributed by atoms with E-state index in [0.717, 1.165) is 19.5 Å². The van der Waals surface area contributed by atoms with Crippen molar-refractivity contribution in [2.75, 3.05) is 38.6 Å². The summed E-state index contributed by atoms with van der Waals surface area (Å²) in [6.45, 7) is 3.08. The second-order valence-electron chi connectivity index (χ2n) is 7.06. The molecular formula is C22H27FN4O2. The summed E-state index contributed by atoms with van der Waals surface area (Å²) in [5.74, 6) is 0.478. The Kier molecular flexibility index (Phi) is 7.58. The highest BCUT2D eigenvalue weighted by Gasteiger charge is 2.25. The van der Waals surface area contributed by atoms with Crippen molar-refractivity contribution in [1.29, 1.82) is 0 Å². The number of hydrogen-bond donors (Lipinski definition) is 2. The lowest BCUT2D eigenvalue weighted by Gasteiger charge is -2.21. The lowest BCUT2D eigenvalue weighted by molar-refractivity contribution is -0.115. The average Bonchev–Trinajstić information content (AvgIpc) is 3.18. The Morgan fingerprint density at radius 1 is 1.24 bits per heavy atom. The van der Waals surface area contributed by atoms with Gasteiger partial charge in [-0.05, 0) is 30.2 Å². The third-order valence-electron chi connectivity index (χ3n) is 4.78. The van der Waals surface area contributed by atoms with Crippen LogP contribution in [0.3, 0.4) is 0 Å². The number of nitrogens with zero attached hydrogens (tertiary/aromatic N) is 2. The third-order valence-corrected chi connectivity index (χ3v) is 4.78. The molecule has 2 aromatic carbocycles. The number of hydrogen-bond acceptors (Lipinski definition) is 3. The van der Waals surface area contributed by atoms with Crippen molar-refractivity contribution in [3.63, 3.8) is 0 Å². The number of carbonyl (C=O) groups is 1. The molecule has 154 valence electrons. The second kappa shape index (κ2) is 10.6. The van der Waals surface area contributed by atoms with E-state index in [1.54, 1.807) is 19.2 Å². The topological polar surface area (TPSA) is 66.0 Å². The minimum Gasteiger partial charge on any atom is -0.376 e. The van der Waals surface area contributed by atoms with E-state index in [2.05, 4.69) is 32.7 Å². The predicted octanol–water partition coefficient (Wildman–Crippen LogP) is 2.88. The highest BCUT2D eigenvalue weighted by Crippen LogP contribution is 2.17. The van der Waals surface area contributed by atoms with E-state index in [1.807, 2.05) is 18.2 Å². The van der Waals surface area contributed by atoms with Crippen molar-refractivity contribution in [2.45, 2.75) is 13.0 Å². The van der Waals surface area contributed by atoms with Crippen molar-refractivity contribution >= 4 is 17.6 Å². The molecular weight excluding hydrogens is 371 g/mol. The van der Waals surface area contributed by atoms with Crippen LogP contribution in [-0.2, 0) is 16.1 Å². The summed E-state index contributed by atoms with van der Waals surface area (Å²) in [6, 6.07) is 16.0. The number of ether oxygens (including phenoxy) is 1. The molecule has 0 saturated carbocycles. The molecule has 1 atom stereocenters. The van der Waals surface area contributed by atoms with Gasteiger partial charge in [0.25, 0.3) is 0 Å². The molecule has 1 amide bonds. The largest absolute Gasteiger partial charge is 0.376 e.